The largest absolute Gasteiger partial charge is 0.490 e. The number of H-pyrrole nitrogens is 1. The van der Waals surface area contributed by atoms with Gasteiger partial charge in [0.15, 0.2) is 0 Å². The Labute approximate surface area is 241 Å². The molecule has 1 aliphatic rings. The molecule has 2 aromatic heterocycles. The molecule has 1 aliphatic heterocycles. The number of aromatic nitrogens is 1. The van der Waals surface area contributed by atoms with Gasteiger partial charge in [0.05, 0.1) is 16.8 Å². The molecule has 4 rings (SSSR count). The summed E-state index contributed by atoms with van der Waals surface area (Å²) in [5, 5.41) is 10.3. The van der Waals surface area contributed by atoms with E-state index in [1.807, 2.05) is 12.3 Å². The Bertz CT molecular complexity index is 1480. The van der Waals surface area contributed by atoms with Crippen molar-refractivity contribution in [2.45, 2.75) is 51.7 Å². The SMILES string of the molecule is CCCN(C)Cc1cc(-c2cc(C(N)=O)c3[nH]cc(C4CCN(S(=O)(=O)CC)CC4)c3c2)cs1.O=C(O)C(F)(F)F. The van der Waals surface area contributed by atoms with Crippen LogP contribution in [0.25, 0.3) is 22.0 Å². The average Bonchev–Trinajstić information content (AvgIpc) is 3.55. The highest BCUT2D eigenvalue weighted by atomic mass is 32.2. The van der Waals surface area contributed by atoms with Crippen LogP contribution in [0.4, 0.5) is 13.2 Å². The van der Waals surface area contributed by atoms with Gasteiger partial charge >= 0.3 is 12.1 Å². The zero-order valence-corrected chi connectivity index (χ0v) is 24.8. The Morgan fingerprint density at radius 2 is 1.80 bits per heavy atom. The molecule has 0 saturated carbocycles. The summed E-state index contributed by atoms with van der Waals surface area (Å²) in [6.07, 6.45) is -0.482. The van der Waals surface area contributed by atoms with E-state index < -0.39 is 28.1 Å². The molecule has 1 saturated heterocycles. The smallest absolute Gasteiger partial charge is 0.475 e. The Balaban J connectivity index is 0.000000587. The van der Waals surface area contributed by atoms with Gasteiger partial charge in [0.1, 0.15) is 0 Å². The number of nitrogens with zero attached hydrogens (tertiary/aromatic N) is 2. The van der Waals surface area contributed by atoms with Crippen LogP contribution in [0.3, 0.4) is 0 Å². The lowest BCUT2D eigenvalue weighted by atomic mass is 9.88. The molecule has 41 heavy (non-hydrogen) atoms. The lowest BCUT2D eigenvalue weighted by Crippen LogP contribution is -2.38. The number of aliphatic carboxylic acids is 1. The second kappa shape index (κ2) is 13.4. The van der Waals surface area contributed by atoms with Crippen LogP contribution in [-0.2, 0) is 21.4 Å². The molecule has 0 bridgehead atoms. The van der Waals surface area contributed by atoms with Crippen molar-refractivity contribution < 1.29 is 36.3 Å². The van der Waals surface area contributed by atoms with Crippen molar-refractivity contribution in [3.05, 3.63) is 45.8 Å². The van der Waals surface area contributed by atoms with E-state index in [1.54, 1.807) is 22.6 Å². The molecule has 9 nitrogen and oxygen atoms in total. The number of fused-ring (bicyclic) bond motifs is 1. The van der Waals surface area contributed by atoms with Gasteiger partial charge in [-0.3, -0.25) is 4.79 Å². The molecular formula is C27H35F3N4O5S2. The van der Waals surface area contributed by atoms with Crippen LogP contribution < -0.4 is 5.73 Å². The van der Waals surface area contributed by atoms with Gasteiger partial charge in [-0.15, -0.1) is 11.3 Å². The molecule has 0 atom stereocenters. The lowest BCUT2D eigenvalue weighted by Gasteiger charge is -2.31. The summed E-state index contributed by atoms with van der Waals surface area (Å²) in [6, 6.07) is 6.22. The van der Waals surface area contributed by atoms with Gasteiger partial charge in [-0.2, -0.15) is 13.2 Å². The summed E-state index contributed by atoms with van der Waals surface area (Å²) >= 11 is 1.73. The lowest BCUT2D eigenvalue weighted by molar-refractivity contribution is -0.192. The topological polar surface area (TPSA) is 137 Å². The number of carboxylic acids is 1. The van der Waals surface area contributed by atoms with Crippen molar-refractivity contribution in [2.75, 3.05) is 32.4 Å². The third-order valence-electron chi connectivity index (χ3n) is 7.00. The maximum atomic E-state index is 12.3. The van der Waals surface area contributed by atoms with Gasteiger partial charge in [-0.05, 0) is 86.0 Å². The minimum Gasteiger partial charge on any atom is -0.475 e. The number of hydrogen-bond acceptors (Lipinski definition) is 6. The molecule has 0 radical (unpaired) electrons. The summed E-state index contributed by atoms with van der Waals surface area (Å²) in [4.78, 5) is 28.1. The predicted octanol–water partition coefficient (Wildman–Crippen LogP) is 5.00. The average molecular weight is 617 g/mol. The van der Waals surface area contributed by atoms with Crippen LogP contribution in [-0.4, -0.2) is 78.2 Å². The van der Waals surface area contributed by atoms with E-state index in [4.69, 9.17) is 15.6 Å². The number of carbonyl (C=O) groups excluding carboxylic acids is 1. The van der Waals surface area contributed by atoms with Crippen LogP contribution in [0.15, 0.2) is 29.8 Å². The zero-order chi connectivity index (χ0) is 30.5. The van der Waals surface area contributed by atoms with Crippen LogP contribution in [0, 0.1) is 0 Å². The molecule has 3 heterocycles. The molecular weight excluding hydrogens is 581 g/mol. The summed E-state index contributed by atoms with van der Waals surface area (Å²) in [5.41, 5.74) is 10.2. The second-order valence-corrected chi connectivity index (χ2v) is 13.2. The number of carboxylic acid groups (broad SMARTS) is 1. The fourth-order valence-corrected chi connectivity index (χ4v) is 7.03. The second-order valence-electron chi connectivity index (χ2n) is 9.97. The molecule has 14 heteroatoms. The van der Waals surface area contributed by atoms with Gasteiger partial charge in [-0.25, -0.2) is 17.5 Å². The van der Waals surface area contributed by atoms with Crippen LogP contribution in [0.5, 0.6) is 0 Å². The molecule has 1 fully saturated rings. The minimum absolute atomic E-state index is 0.132. The van der Waals surface area contributed by atoms with Crippen molar-refractivity contribution in [3.63, 3.8) is 0 Å². The van der Waals surface area contributed by atoms with Crippen LogP contribution in [0.2, 0.25) is 0 Å². The number of thiophene rings is 1. The van der Waals surface area contributed by atoms with Gasteiger partial charge in [0.25, 0.3) is 5.91 Å². The number of benzene rings is 1. The zero-order valence-electron chi connectivity index (χ0n) is 23.1. The van der Waals surface area contributed by atoms with E-state index >= 15 is 0 Å². The summed E-state index contributed by atoms with van der Waals surface area (Å²) < 4.78 is 57.8. The van der Waals surface area contributed by atoms with E-state index in [2.05, 4.69) is 41.4 Å². The highest BCUT2D eigenvalue weighted by Crippen LogP contribution is 2.38. The van der Waals surface area contributed by atoms with Crippen molar-refractivity contribution in [2.24, 2.45) is 5.73 Å². The van der Waals surface area contributed by atoms with E-state index in [9.17, 15) is 26.4 Å². The Morgan fingerprint density at radius 3 is 2.34 bits per heavy atom. The number of rotatable bonds is 9. The first-order valence-corrected chi connectivity index (χ1v) is 15.7. The fraction of sp³-hybridized carbons (Fsp3) is 0.481. The maximum absolute atomic E-state index is 12.3. The number of amides is 1. The van der Waals surface area contributed by atoms with Crippen molar-refractivity contribution >= 4 is 44.1 Å². The number of nitrogens with one attached hydrogen (secondary N) is 1. The summed E-state index contributed by atoms with van der Waals surface area (Å²) in [6.45, 7) is 6.86. The molecule has 0 aliphatic carbocycles. The standard InChI is InChI=1S/C25H34N4O3S2.C2HF3O2/c1-4-8-28(3)15-20-11-19(16-33-20)18-12-21-23(14-27-24(21)22(13-18)25(26)30)17-6-9-29(10-7-17)34(31,32)5-2;3-2(4,5)1(6)7/h11-14,16-17,27H,4-10,15H2,1-3H3,(H2,26,30);(H,6,7). The molecule has 0 spiro atoms. The molecule has 4 N–H and O–H groups in total. The number of sulfonamides is 1. The number of carbonyl (C=O) groups is 2. The number of hydrogen-bond donors (Lipinski definition) is 3. The number of piperidine rings is 1. The van der Waals surface area contributed by atoms with Gasteiger partial charge in [0.2, 0.25) is 10.0 Å². The van der Waals surface area contributed by atoms with Gasteiger partial charge in [0, 0.05) is 36.1 Å². The van der Waals surface area contributed by atoms with E-state index in [0.717, 1.165) is 59.9 Å². The van der Waals surface area contributed by atoms with Crippen molar-refractivity contribution in [1.29, 1.82) is 0 Å². The third kappa shape index (κ3) is 8.09. The van der Waals surface area contributed by atoms with Crippen LogP contribution >= 0.6 is 11.3 Å². The quantitative estimate of drug-likeness (QED) is 0.310. The Kier molecular flexibility index (Phi) is 10.6. The number of aromatic amines is 1. The predicted molar refractivity (Wildman–Crippen MR) is 153 cm³/mol. The molecule has 1 aromatic carbocycles. The van der Waals surface area contributed by atoms with Gasteiger partial charge in [-0.1, -0.05) is 6.92 Å². The van der Waals surface area contributed by atoms with Crippen molar-refractivity contribution in [3.8, 4) is 11.1 Å². The summed E-state index contributed by atoms with van der Waals surface area (Å²) in [7, 11) is -1.04. The van der Waals surface area contributed by atoms with Crippen LogP contribution in [0.1, 0.15) is 59.8 Å². The normalized spacial score (nSPS) is 15.2. The first-order valence-electron chi connectivity index (χ1n) is 13.2. The van der Waals surface area contributed by atoms with Gasteiger partial charge < -0.3 is 20.7 Å². The molecule has 3 aromatic rings. The molecule has 226 valence electrons. The minimum atomic E-state index is -5.08. The monoisotopic (exact) mass is 616 g/mol. The fourth-order valence-electron chi connectivity index (χ4n) is 4.92. The summed E-state index contributed by atoms with van der Waals surface area (Å²) in [5.74, 6) is -2.85. The molecule has 0 unspecified atom stereocenters. The number of nitrogens with two attached hydrogens (primary N) is 1. The molecule has 1 amide bonds. The van der Waals surface area contributed by atoms with E-state index in [-0.39, 0.29) is 11.7 Å². The number of halogens is 3. The van der Waals surface area contributed by atoms with E-state index in [0.29, 0.717) is 18.7 Å². The number of alkyl halides is 3. The number of primary amides is 1. The van der Waals surface area contributed by atoms with Crippen molar-refractivity contribution in [1.82, 2.24) is 14.2 Å². The third-order valence-corrected chi connectivity index (χ3v) is 9.80. The Morgan fingerprint density at radius 1 is 1.17 bits per heavy atom. The van der Waals surface area contributed by atoms with E-state index in [1.165, 1.54) is 4.88 Å². The highest BCUT2D eigenvalue weighted by Gasteiger charge is 2.38. The Hall–Kier alpha value is -2.94. The first kappa shape index (κ1) is 32.6. The maximum Gasteiger partial charge on any atom is 0.490 e. The highest BCUT2D eigenvalue weighted by molar-refractivity contribution is 7.89. The first-order chi connectivity index (χ1) is 19.2.